The smallest absolute Gasteiger partial charge is 0.408 e. The predicted molar refractivity (Wildman–Crippen MR) is 125 cm³/mol. The molecular weight excluding hydrogens is 406 g/mol. The molecule has 0 bridgehead atoms. The van der Waals surface area contributed by atoms with Gasteiger partial charge < -0.3 is 20.3 Å². The maximum atomic E-state index is 13.4. The Labute approximate surface area is 192 Å². The molecule has 32 heavy (non-hydrogen) atoms. The molecule has 1 fully saturated rings. The monoisotopic (exact) mass is 445 g/mol. The second kappa shape index (κ2) is 11.9. The van der Waals surface area contributed by atoms with Crippen LogP contribution in [0.1, 0.15) is 83.4 Å². The predicted octanol–water partition coefficient (Wildman–Crippen LogP) is 4.25. The average Bonchev–Trinajstić information content (AvgIpc) is 2.72. The van der Waals surface area contributed by atoms with E-state index in [1.165, 1.54) is 6.42 Å². The highest BCUT2D eigenvalue weighted by Gasteiger charge is 2.32. The molecule has 1 aliphatic carbocycles. The van der Waals surface area contributed by atoms with Gasteiger partial charge in [0.25, 0.3) is 0 Å². The van der Waals surface area contributed by atoms with Gasteiger partial charge in [0.05, 0.1) is 0 Å². The maximum absolute atomic E-state index is 13.4. The highest BCUT2D eigenvalue weighted by Crippen LogP contribution is 2.25. The van der Waals surface area contributed by atoms with Crippen molar-refractivity contribution in [2.24, 2.45) is 0 Å². The highest BCUT2D eigenvalue weighted by atomic mass is 16.6. The molecule has 3 amide bonds. The van der Waals surface area contributed by atoms with Gasteiger partial charge in [-0.2, -0.15) is 0 Å². The van der Waals surface area contributed by atoms with E-state index in [4.69, 9.17) is 4.74 Å². The second-order valence-corrected chi connectivity index (χ2v) is 9.60. The largest absolute Gasteiger partial charge is 0.444 e. The summed E-state index contributed by atoms with van der Waals surface area (Å²) in [5.74, 6) is -0.484. The van der Waals surface area contributed by atoms with Crippen molar-refractivity contribution in [3.8, 4) is 0 Å². The number of benzene rings is 1. The molecule has 2 N–H and O–H groups in total. The van der Waals surface area contributed by atoms with Gasteiger partial charge in [-0.15, -0.1) is 0 Å². The minimum absolute atomic E-state index is 0.141. The lowest BCUT2D eigenvalue weighted by Crippen LogP contribution is -2.50. The van der Waals surface area contributed by atoms with Crippen molar-refractivity contribution < 1.29 is 19.1 Å². The third-order valence-corrected chi connectivity index (χ3v) is 5.47. The van der Waals surface area contributed by atoms with E-state index in [9.17, 15) is 14.4 Å². The van der Waals surface area contributed by atoms with Crippen molar-refractivity contribution in [1.29, 1.82) is 0 Å². The molecule has 7 nitrogen and oxygen atoms in total. The Morgan fingerprint density at radius 2 is 1.72 bits per heavy atom. The van der Waals surface area contributed by atoms with Crippen LogP contribution >= 0.6 is 0 Å². The zero-order valence-corrected chi connectivity index (χ0v) is 20.2. The number of aryl methyl sites for hydroxylation is 1. The van der Waals surface area contributed by atoms with E-state index < -0.39 is 17.7 Å². The van der Waals surface area contributed by atoms with Gasteiger partial charge in [0.15, 0.2) is 0 Å². The van der Waals surface area contributed by atoms with Gasteiger partial charge in [-0.05, 0) is 52.5 Å². The molecule has 2 rings (SSSR count). The topological polar surface area (TPSA) is 87.7 Å². The minimum Gasteiger partial charge on any atom is -0.444 e. The Kier molecular flexibility index (Phi) is 9.54. The van der Waals surface area contributed by atoms with Gasteiger partial charge in [-0.1, -0.05) is 56.0 Å². The summed E-state index contributed by atoms with van der Waals surface area (Å²) in [5, 5.41) is 5.71. The maximum Gasteiger partial charge on any atom is 0.408 e. The van der Waals surface area contributed by atoms with E-state index in [-0.39, 0.29) is 24.4 Å². The molecule has 0 radical (unpaired) electrons. The fourth-order valence-electron chi connectivity index (χ4n) is 3.95. The van der Waals surface area contributed by atoms with E-state index in [0.717, 1.165) is 36.8 Å². The van der Waals surface area contributed by atoms with Crippen LogP contribution in [0.3, 0.4) is 0 Å². The number of amides is 3. The van der Waals surface area contributed by atoms with Crippen molar-refractivity contribution in [1.82, 2.24) is 15.5 Å². The van der Waals surface area contributed by atoms with E-state index >= 15 is 0 Å². The molecule has 178 valence electrons. The number of hydrogen-bond donors (Lipinski definition) is 2. The molecule has 0 saturated heterocycles. The van der Waals surface area contributed by atoms with Gasteiger partial charge in [0.2, 0.25) is 11.8 Å². The van der Waals surface area contributed by atoms with Crippen LogP contribution < -0.4 is 10.6 Å². The van der Waals surface area contributed by atoms with Crippen molar-refractivity contribution in [3.63, 3.8) is 0 Å². The Morgan fingerprint density at radius 3 is 2.28 bits per heavy atom. The average molecular weight is 446 g/mol. The van der Waals surface area contributed by atoms with Gasteiger partial charge in [0.1, 0.15) is 18.2 Å². The van der Waals surface area contributed by atoms with Crippen LogP contribution in [-0.4, -0.2) is 47.5 Å². The molecule has 7 heteroatoms. The number of hydrogen-bond acceptors (Lipinski definition) is 4. The molecular formula is C25H39N3O4. The SMILES string of the molecule is CCCN(C(=O)CNC(=O)OC(C)(C)C)C(C(=O)NC1CCCCC1)c1ccc(C)cc1. The van der Waals surface area contributed by atoms with Crippen LogP contribution in [0.25, 0.3) is 0 Å². The number of carbonyl (C=O) groups excluding carboxylic acids is 3. The Morgan fingerprint density at radius 1 is 1.09 bits per heavy atom. The molecule has 0 aromatic heterocycles. The summed E-state index contributed by atoms with van der Waals surface area (Å²) in [6, 6.07) is 7.09. The number of rotatable bonds is 8. The van der Waals surface area contributed by atoms with Crippen molar-refractivity contribution in [2.75, 3.05) is 13.1 Å². The molecule has 0 spiro atoms. The van der Waals surface area contributed by atoms with Gasteiger partial charge in [0, 0.05) is 12.6 Å². The molecule has 1 aromatic carbocycles. The highest BCUT2D eigenvalue weighted by molar-refractivity contribution is 5.90. The van der Waals surface area contributed by atoms with E-state index in [1.54, 1.807) is 25.7 Å². The van der Waals surface area contributed by atoms with Crippen LogP contribution in [0.2, 0.25) is 0 Å². The quantitative estimate of drug-likeness (QED) is 0.626. The third kappa shape index (κ3) is 8.17. The first-order valence-corrected chi connectivity index (χ1v) is 11.7. The first-order valence-electron chi connectivity index (χ1n) is 11.7. The number of alkyl carbamates (subject to hydrolysis) is 1. The van der Waals surface area contributed by atoms with Crippen molar-refractivity contribution in [3.05, 3.63) is 35.4 Å². The fraction of sp³-hybridized carbons (Fsp3) is 0.640. The van der Waals surface area contributed by atoms with Crippen LogP contribution in [0.5, 0.6) is 0 Å². The number of nitrogens with one attached hydrogen (secondary N) is 2. The molecule has 1 saturated carbocycles. The Hall–Kier alpha value is -2.57. The first-order chi connectivity index (χ1) is 15.1. The lowest BCUT2D eigenvalue weighted by Gasteiger charge is -2.33. The lowest BCUT2D eigenvalue weighted by molar-refractivity contribution is -0.140. The summed E-state index contributed by atoms with van der Waals surface area (Å²) in [6.07, 6.45) is 5.39. The Bertz CT molecular complexity index is 764. The van der Waals surface area contributed by atoms with Crippen molar-refractivity contribution >= 4 is 17.9 Å². The summed E-state index contributed by atoms with van der Waals surface area (Å²) >= 11 is 0. The molecule has 1 aromatic rings. The molecule has 0 aliphatic heterocycles. The summed E-state index contributed by atoms with van der Waals surface area (Å²) in [5.41, 5.74) is 1.20. The summed E-state index contributed by atoms with van der Waals surface area (Å²) in [6.45, 7) is 9.43. The van der Waals surface area contributed by atoms with Crippen LogP contribution in [0.4, 0.5) is 4.79 Å². The van der Waals surface area contributed by atoms with Gasteiger partial charge in [-0.3, -0.25) is 9.59 Å². The van der Waals surface area contributed by atoms with Crippen molar-refractivity contribution in [2.45, 2.75) is 90.8 Å². The van der Waals surface area contributed by atoms with E-state index in [2.05, 4.69) is 10.6 Å². The van der Waals surface area contributed by atoms with Crippen LogP contribution in [0, 0.1) is 6.92 Å². The van der Waals surface area contributed by atoms with Crippen LogP contribution in [0.15, 0.2) is 24.3 Å². The fourth-order valence-corrected chi connectivity index (χ4v) is 3.95. The second-order valence-electron chi connectivity index (χ2n) is 9.60. The summed E-state index contributed by atoms with van der Waals surface area (Å²) < 4.78 is 5.23. The number of ether oxygens (including phenoxy) is 1. The summed E-state index contributed by atoms with van der Waals surface area (Å²) in [7, 11) is 0. The molecule has 1 unspecified atom stereocenters. The van der Waals surface area contributed by atoms with Crippen LogP contribution in [-0.2, 0) is 14.3 Å². The number of nitrogens with zero attached hydrogens (tertiary/aromatic N) is 1. The summed E-state index contributed by atoms with van der Waals surface area (Å²) in [4.78, 5) is 40.2. The van der Waals surface area contributed by atoms with Gasteiger partial charge in [-0.25, -0.2) is 4.79 Å². The molecule has 0 heterocycles. The lowest BCUT2D eigenvalue weighted by atomic mass is 9.94. The standard InChI is InChI=1S/C25H39N3O4/c1-6-16-28(21(29)17-26-24(31)32-25(3,4)5)22(19-14-12-18(2)13-15-19)23(30)27-20-10-8-7-9-11-20/h12-15,20,22H,6-11,16-17H2,1-5H3,(H,26,31)(H,27,30). The molecule has 1 aliphatic rings. The zero-order valence-electron chi connectivity index (χ0n) is 20.2. The normalized spacial score (nSPS) is 15.5. The van der Waals surface area contributed by atoms with Gasteiger partial charge >= 0.3 is 6.09 Å². The Balaban J connectivity index is 2.21. The zero-order chi connectivity index (χ0) is 23.7. The van der Waals surface area contributed by atoms with E-state index in [0.29, 0.717) is 13.0 Å². The minimum atomic E-state index is -0.745. The first kappa shape index (κ1) is 25.7. The third-order valence-electron chi connectivity index (χ3n) is 5.47. The number of carbonyl (C=O) groups is 3. The van der Waals surface area contributed by atoms with E-state index in [1.807, 2.05) is 38.1 Å². The molecule has 1 atom stereocenters.